The van der Waals surface area contributed by atoms with Crippen LogP contribution in [0.1, 0.15) is 0 Å². The Kier molecular flexibility index (Phi) is 3.65. The zero-order valence-corrected chi connectivity index (χ0v) is 11.6. The van der Waals surface area contributed by atoms with Crippen molar-refractivity contribution in [1.82, 2.24) is 0 Å². The van der Waals surface area contributed by atoms with E-state index in [4.69, 9.17) is 11.6 Å². The van der Waals surface area contributed by atoms with E-state index in [1.165, 1.54) is 5.19 Å². The fourth-order valence-electron chi connectivity index (χ4n) is 1.01. The van der Waals surface area contributed by atoms with Gasteiger partial charge in [-0.25, -0.2) is 0 Å². The molecule has 4 heteroatoms. The second kappa shape index (κ2) is 4.19. The molecule has 13 heavy (non-hydrogen) atoms. The van der Waals surface area contributed by atoms with Crippen molar-refractivity contribution < 1.29 is 5.11 Å². The number of alkyl halides is 1. The van der Waals surface area contributed by atoms with Crippen molar-refractivity contribution in [3.63, 3.8) is 0 Å². The van der Waals surface area contributed by atoms with Crippen LogP contribution in [0.3, 0.4) is 0 Å². The third-order valence-electron chi connectivity index (χ3n) is 2.06. The minimum atomic E-state index is -1.46. The molecule has 1 aromatic carbocycles. The monoisotopic (exact) mass is 326 g/mol. The minimum Gasteiger partial charge on any atom is -0.507 e. The van der Waals surface area contributed by atoms with Crippen LogP contribution in [0.2, 0.25) is 13.1 Å². The third kappa shape index (κ3) is 2.60. The number of halogens is 2. The standard InChI is InChI=1S/C9H12ClIOSi/c1-13(2,6-10)7-3-4-9(12)8(11)5-7/h3-5,12H,6H2,1-2H3. The van der Waals surface area contributed by atoms with Gasteiger partial charge < -0.3 is 5.11 Å². The maximum atomic E-state index is 9.36. The first-order valence-corrected chi connectivity index (χ1v) is 8.84. The lowest BCUT2D eigenvalue weighted by molar-refractivity contribution is 0.471. The molecular formula is C9H12ClIOSi. The van der Waals surface area contributed by atoms with E-state index in [2.05, 4.69) is 35.7 Å². The molecule has 0 aliphatic heterocycles. The fourth-order valence-corrected chi connectivity index (χ4v) is 3.50. The first kappa shape index (κ1) is 11.3. The summed E-state index contributed by atoms with van der Waals surface area (Å²) in [6, 6.07) is 5.76. The van der Waals surface area contributed by atoms with Crippen molar-refractivity contribution in [2.75, 3.05) is 5.50 Å². The summed E-state index contributed by atoms with van der Waals surface area (Å²) in [4.78, 5) is 0. The molecule has 72 valence electrons. The first-order valence-electron chi connectivity index (χ1n) is 4.02. The first-order chi connectivity index (χ1) is 5.97. The van der Waals surface area contributed by atoms with Gasteiger partial charge in [0, 0.05) is 5.50 Å². The topological polar surface area (TPSA) is 20.2 Å². The minimum absolute atomic E-state index is 0.351. The number of hydrogen-bond acceptors (Lipinski definition) is 1. The molecule has 0 radical (unpaired) electrons. The van der Waals surface area contributed by atoms with Crippen LogP contribution in [0, 0.1) is 3.57 Å². The zero-order valence-electron chi connectivity index (χ0n) is 7.64. The van der Waals surface area contributed by atoms with Gasteiger partial charge in [-0.05, 0) is 34.7 Å². The van der Waals surface area contributed by atoms with E-state index in [-0.39, 0.29) is 0 Å². The smallest absolute Gasteiger partial charge is 0.128 e. The Bertz CT molecular complexity index is 314. The Morgan fingerprint density at radius 1 is 1.46 bits per heavy atom. The lowest BCUT2D eigenvalue weighted by Crippen LogP contribution is -2.43. The van der Waals surface area contributed by atoms with Gasteiger partial charge in [0.1, 0.15) is 5.75 Å². The van der Waals surface area contributed by atoms with Crippen LogP contribution in [0.25, 0.3) is 0 Å². The molecule has 1 aromatic rings. The summed E-state index contributed by atoms with van der Waals surface area (Å²) >= 11 is 8.05. The molecule has 0 aliphatic rings. The van der Waals surface area contributed by atoms with Crippen LogP contribution in [-0.2, 0) is 0 Å². The Labute approximate surface area is 98.3 Å². The molecule has 0 saturated carbocycles. The van der Waals surface area contributed by atoms with Crippen molar-refractivity contribution in [2.24, 2.45) is 0 Å². The molecule has 1 N–H and O–H groups in total. The van der Waals surface area contributed by atoms with Crippen molar-refractivity contribution >= 4 is 47.5 Å². The fraction of sp³-hybridized carbons (Fsp3) is 0.333. The van der Waals surface area contributed by atoms with Gasteiger partial charge in [-0.3, -0.25) is 0 Å². The normalized spacial score (nSPS) is 11.7. The van der Waals surface area contributed by atoms with Gasteiger partial charge >= 0.3 is 0 Å². The highest BCUT2D eigenvalue weighted by molar-refractivity contribution is 14.1. The Hall–Kier alpha value is 0.257. The average molecular weight is 327 g/mol. The van der Waals surface area contributed by atoms with E-state index < -0.39 is 8.07 Å². The molecule has 0 atom stereocenters. The molecule has 0 saturated heterocycles. The summed E-state index contributed by atoms with van der Waals surface area (Å²) in [5.74, 6) is 0.351. The Balaban J connectivity index is 3.10. The lowest BCUT2D eigenvalue weighted by Gasteiger charge is -2.19. The average Bonchev–Trinajstić information content (AvgIpc) is 2.09. The Morgan fingerprint density at radius 3 is 2.54 bits per heavy atom. The Morgan fingerprint density at radius 2 is 2.08 bits per heavy atom. The second-order valence-electron chi connectivity index (χ2n) is 3.68. The SMILES string of the molecule is C[Si](C)(CCl)c1ccc(O)c(I)c1. The summed E-state index contributed by atoms with van der Waals surface area (Å²) in [7, 11) is -1.46. The number of phenolic OH excluding ortho intramolecular Hbond substituents is 1. The molecular weight excluding hydrogens is 315 g/mol. The van der Waals surface area contributed by atoms with Gasteiger partial charge in [0.25, 0.3) is 0 Å². The molecule has 0 bridgehead atoms. The number of benzene rings is 1. The number of rotatable bonds is 2. The highest BCUT2D eigenvalue weighted by Gasteiger charge is 2.22. The van der Waals surface area contributed by atoms with Gasteiger partial charge in [0.05, 0.1) is 11.6 Å². The number of hydrogen-bond donors (Lipinski definition) is 1. The van der Waals surface area contributed by atoms with Gasteiger partial charge in [-0.15, -0.1) is 11.6 Å². The van der Waals surface area contributed by atoms with Crippen LogP contribution in [0.15, 0.2) is 18.2 Å². The van der Waals surface area contributed by atoms with Crippen molar-refractivity contribution in [3.8, 4) is 5.75 Å². The van der Waals surface area contributed by atoms with Crippen LogP contribution in [-0.4, -0.2) is 18.7 Å². The van der Waals surface area contributed by atoms with Gasteiger partial charge in [0.2, 0.25) is 0 Å². The quantitative estimate of drug-likeness (QED) is 0.503. The summed E-state index contributed by atoms with van der Waals surface area (Å²) in [6.45, 7) is 4.45. The van der Waals surface area contributed by atoms with E-state index >= 15 is 0 Å². The highest BCUT2D eigenvalue weighted by atomic mass is 127. The molecule has 0 amide bonds. The second-order valence-corrected chi connectivity index (χ2v) is 10.3. The highest BCUT2D eigenvalue weighted by Crippen LogP contribution is 2.18. The molecule has 0 aromatic heterocycles. The van der Waals surface area contributed by atoms with Crippen molar-refractivity contribution in [2.45, 2.75) is 13.1 Å². The van der Waals surface area contributed by atoms with Gasteiger partial charge in [-0.1, -0.05) is 24.3 Å². The lowest BCUT2D eigenvalue weighted by atomic mass is 10.3. The van der Waals surface area contributed by atoms with Crippen LogP contribution >= 0.6 is 34.2 Å². The molecule has 0 spiro atoms. The number of phenols is 1. The van der Waals surface area contributed by atoms with E-state index in [0.717, 1.165) is 3.57 Å². The van der Waals surface area contributed by atoms with Crippen molar-refractivity contribution in [3.05, 3.63) is 21.8 Å². The van der Waals surface area contributed by atoms with Gasteiger partial charge in [0.15, 0.2) is 0 Å². The van der Waals surface area contributed by atoms with Crippen LogP contribution in [0.4, 0.5) is 0 Å². The number of aromatic hydroxyl groups is 1. The third-order valence-corrected chi connectivity index (χ3v) is 7.47. The summed E-state index contributed by atoms with van der Waals surface area (Å²) in [5.41, 5.74) is 0.716. The molecule has 0 heterocycles. The van der Waals surface area contributed by atoms with Crippen molar-refractivity contribution in [1.29, 1.82) is 0 Å². The molecule has 0 fully saturated rings. The molecule has 1 rings (SSSR count). The van der Waals surface area contributed by atoms with E-state index in [1.54, 1.807) is 6.07 Å². The predicted octanol–water partition coefficient (Wildman–Crippen LogP) is 2.69. The largest absolute Gasteiger partial charge is 0.507 e. The summed E-state index contributed by atoms with van der Waals surface area (Å²) in [5, 5.41) is 10.7. The zero-order chi connectivity index (χ0) is 10.1. The summed E-state index contributed by atoms with van der Waals surface area (Å²) in [6.07, 6.45) is 0. The predicted molar refractivity (Wildman–Crippen MR) is 68.7 cm³/mol. The van der Waals surface area contributed by atoms with Crippen LogP contribution < -0.4 is 5.19 Å². The molecule has 0 unspecified atom stereocenters. The molecule has 1 nitrogen and oxygen atoms in total. The maximum absolute atomic E-state index is 9.36. The molecule has 0 aliphatic carbocycles. The van der Waals surface area contributed by atoms with E-state index in [1.807, 2.05) is 12.1 Å². The van der Waals surface area contributed by atoms with Crippen LogP contribution in [0.5, 0.6) is 5.75 Å². The maximum Gasteiger partial charge on any atom is 0.128 e. The van der Waals surface area contributed by atoms with E-state index in [0.29, 0.717) is 11.3 Å². The van der Waals surface area contributed by atoms with E-state index in [9.17, 15) is 5.11 Å². The summed E-state index contributed by atoms with van der Waals surface area (Å²) < 4.78 is 0.904. The van der Waals surface area contributed by atoms with Gasteiger partial charge in [-0.2, -0.15) is 0 Å².